The van der Waals surface area contributed by atoms with Gasteiger partial charge < -0.3 is 30.0 Å². The summed E-state index contributed by atoms with van der Waals surface area (Å²) in [7, 11) is 1.57. The Hall–Kier alpha value is -4.36. The van der Waals surface area contributed by atoms with Crippen molar-refractivity contribution in [3.05, 3.63) is 65.7 Å². The Bertz CT molecular complexity index is 1280. The van der Waals surface area contributed by atoms with Crippen molar-refractivity contribution in [2.75, 3.05) is 26.9 Å². The van der Waals surface area contributed by atoms with Crippen LogP contribution in [0.25, 0.3) is 0 Å². The van der Waals surface area contributed by atoms with E-state index in [1.54, 1.807) is 65.8 Å². The van der Waals surface area contributed by atoms with Crippen LogP contribution in [0, 0.1) is 11.8 Å². The molecule has 4 amide bonds. The first-order valence-electron chi connectivity index (χ1n) is 16.0. The van der Waals surface area contributed by atoms with Crippen LogP contribution in [0.3, 0.4) is 0 Å². The first kappa shape index (κ1) is 38.8. The van der Waals surface area contributed by atoms with Gasteiger partial charge in [-0.15, -0.1) is 0 Å². The predicted octanol–water partition coefficient (Wildman–Crippen LogP) is 3.51. The number of aryl methyl sites for hydroxylation is 1. The molecule has 0 fully saturated rings. The summed E-state index contributed by atoms with van der Waals surface area (Å²) in [5, 5.41) is 20.8. The third-order valence-corrected chi connectivity index (χ3v) is 7.45. The molecule has 0 spiro atoms. The summed E-state index contributed by atoms with van der Waals surface area (Å²) < 4.78 is 15.2. The van der Waals surface area contributed by atoms with Gasteiger partial charge in [0.15, 0.2) is 0 Å². The fourth-order valence-electron chi connectivity index (χ4n) is 4.70. The molecule has 0 saturated heterocycles. The average molecular weight is 658 g/mol. The molecule has 0 aliphatic heterocycles. The van der Waals surface area contributed by atoms with Crippen molar-refractivity contribution in [2.24, 2.45) is 11.8 Å². The van der Waals surface area contributed by atoms with Crippen LogP contribution < -0.4 is 26.1 Å². The van der Waals surface area contributed by atoms with Crippen LogP contribution >= 0.6 is 0 Å². The third kappa shape index (κ3) is 12.7. The molecular weight excluding hydrogens is 606 g/mol. The van der Waals surface area contributed by atoms with Crippen LogP contribution in [0.15, 0.2) is 54.6 Å². The van der Waals surface area contributed by atoms with Crippen LogP contribution in [-0.2, 0) is 32.0 Å². The van der Waals surface area contributed by atoms with Gasteiger partial charge in [-0.05, 0) is 55.9 Å². The van der Waals surface area contributed by atoms with E-state index in [-0.39, 0.29) is 32.2 Å². The van der Waals surface area contributed by atoms with Crippen LogP contribution in [0.1, 0.15) is 59.1 Å². The number of aliphatic hydroxyl groups is 1. The molecule has 13 nitrogen and oxygen atoms in total. The number of carbonyl (C=O) groups is 4. The Morgan fingerprint density at radius 1 is 0.851 bits per heavy atom. The first-order valence-corrected chi connectivity index (χ1v) is 16.0. The number of benzene rings is 2. The summed E-state index contributed by atoms with van der Waals surface area (Å²) in [6, 6.07) is 15.5. The van der Waals surface area contributed by atoms with Gasteiger partial charge in [-0.1, -0.05) is 70.2 Å². The normalized spacial score (nSPS) is 13.7. The van der Waals surface area contributed by atoms with E-state index in [9.17, 15) is 24.3 Å². The van der Waals surface area contributed by atoms with Gasteiger partial charge in [-0.2, -0.15) is 0 Å². The van der Waals surface area contributed by atoms with Gasteiger partial charge in [0, 0.05) is 25.0 Å². The van der Waals surface area contributed by atoms with Crippen molar-refractivity contribution in [1.29, 1.82) is 0 Å². The number of rotatable bonds is 18. The minimum atomic E-state index is -2.27. The second-order valence-electron chi connectivity index (χ2n) is 11.8. The second-order valence-corrected chi connectivity index (χ2v) is 11.8. The quantitative estimate of drug-likeness (QED) is 0.119. The van der Waals surface area contributed by atoms with Crippen LogP contribution in [-0.4, -0.2) is 78.8 Å². The summed E-state index contributed by atoms with van der Waals surface area (Å²) in [4.78, 5) is 51.8. The molecule has 0 aliphatic carbocycles. The van der Waals surface area contributed by atoms with Crippen LogP contribution in [0.2, 0.25) is 0 Å². The molecule has 0 aliphatic rings. The number of carbonyl (C=O) groups excluding carboxylic acids is 4. The Morgan fingerprint density at radius 3 is 2.02 bits per heavy atom. The summed E-state index contributed by atoms with van der Waals surface area (Å²) in [5.74, 6) is -1.61. The monoisotopic (exact) mass is 657 g/mol. The van der Waals surface area contributed by atoms with E-state index < -0.39 is 47.7 Å². The van der Waals surface area contributed by atoms with Crippen LogP contribution in [0.5, 0.6) is 5.75 Å². The maximum Gasteiger partial charge on any atom is 0.409 e. The molecule has 260 valence electrons. The first-order chi connectivity index (χ1) is 22.3. The summed E-state index contributed by atoms with van der Waals surface area (Å²) in [5.41, 5.74) is 2.52. The molecule has 3 atom stereocenters. The Morgan fingerprint density at radius 2 is 1.47 bits per heavy atom. The highest BCUT2D eigenvalue weighted by Gasteiger charge is 2.42. The van der Waals surface area contributed by atoms with Gasteiger partial charge >= 0.3 is 12.2 Å². The van der Waals surface area contributed by atoms with Gasteiger partial charge in [-0.25, -0.2) is 14.6 Å². The Kier molecular flexibility index (Phi) is 16.0. The highest BCUT2D eigenvalue weighted by atomic mass is 16.6. The molecule has 0 heterocycles. The molecular formula is C34H51N5O8. The SMILES string of the molecule is CCOC(=O)N[C@H](C(=O)NN(Cc1ccc(OC)cc1)C[C@H](CCc1ccccc1)NC(=O)[C@@](O)(NC(=O)OCC)C(C)C)C(C)C. The van der Waals surface area contributed by atoms with Gasteiger partial charge in [0.05, 0.1) is 20.3 Å². The number of amides is 4. The molecule has 47 heavy (non-hydrogen) atoms. The van der Waals surface area contributed by atoms with E-state index in [1.807, 2.05) is 42.5 Å². The van der Waals surface area contributed by atoms with Gasteiger partial charge in [0.2, 0.25) is 5.72 Å². The van der Waals surface area contributed by atoms with Crippen molar-refractivity contribution < 1.29 is 38.5 Å². The summed E-state index contributed by atoms with van der Waals surface area (Å²) in [6.07, 6.45) is -0.645. The van der Waals surface area contributed by atoms with E-state index in [2.05, 4.69) is 21.4 Å². The van der Waals surface area contributed by atoms with E-state index in [1.165, 1.54) is 0 Å². The second kappa shape index (κ2) is 19.3. The lowest BCUT2D eigenvalue weighted by Gasteiger charge is -2.35. The number of hydrogen-bond acceptors (Lipinski definition) is 9. The lowest BCUT2D eigenvalue weighted by molar-refractivity contribution is -0.149. The molecule has 0 aromatic heterocycles. The average Bonchev–Trinajstić information content (AvgIpc) is 3.03. The van der Waals surface area contributed by atoms with Crippen molar-refractivity contribution >= 4 is 24.0 Å². The maximum absolute atomic E-state index is 13.7. The zero-order valence-electron chi connectivity index (χ0n) is 28.5. The number of alkyl carbamates (subject to hydrolysis) is 2. The highest BCUT2D eigenvalue weighted by Crippen LogP contribution is 2.18. The van der Waals surface area contributed by atoms with Gasteiger partial charge in [-0.3, -0.25) is 20.3 Å². The summed E-state index contributed by atoms with van der Waals surface area (Å²) >= 11 is 0. The number of hydrogen-bond donors (Lipinski definition) is 5. The fourth-order valence-corrected chi connectivity index (χ4v) is 4.70. The number of nitrogens with zero attached hydrogens (tertiary/aromatic N) is 1. The van der Waals surface area contributed by atoms with E-state index in [0.29, 0.717) is 18.6 Å². The van der Waals surface area contributed by atoms with Crippen molar-refractivity contribution in [3.63, 3.8) is 0 Å². The molecule has 5 N–H and O–H groups in total. The van der Waals surface area contributed by atoms with Crippen molar-refractivity contribution in [2.45, 2.75) is 78.7 Å². The number of nitrogens with one attached hydrogen (secondary N) is 4. The largest absolute Gasteiger partial charge is 0.497 e. The number of methoxy groups -OCH3 is 1. The molecule has 0 saturated carbocycles. The molecule has 2 aromatic rings. The topological polar surface area (TPSA) is 168 Å². The maximum atomic E-state index is 13.7. The molecule has 2 aromatic carbocycles. The Balaban J connectivity index is 2.43. The molecule has 13 heteroatoms. The van der Waals surface area contributed by atoms with Gasteiger partial charge in [0.25, 0.3) is 11.8 Å². The number of hydrazine groups is 1. The summed E-state index contributed by atoms with van der Waals surface area (Å²) in [6.45, 7) is 10.6. The van der Waals surface area contributed by atoms with Gasteiger partial charge in [0.1, 0.15) is 11.8 Å². The van der Waals surface area contributed by atoms with Crippen LogP contribution in [0.4, 0.5) is 9.59 Å². The number of ether oxygens (including phenoxy) is 3. The predicted molar refractivity (Wildman–Crippen MR) is 177 cm³/mol. The zero-order valence-corrected chi connectivity index (χ0v) is 28.5. The minimum Gasteiger partial charge on any atom is -0.497 e. The minimum absolute atomic E-state index is 0.0593. The molecule has 0 radical (unpaired) electrons. The fraction of sp³-hybridized carbons (Fsp3) is 0.529. The molecule has 0 bridgehead atoms. The van der Waals surface area contributed by atoms with Crippen molar-refractivity contribution in [1.82, 2.24) is 26.4 Å². The zero-order chi connectivity index (χ0) is 35.0. The lowest BCUT2D eigenvalue weighted by Crippen LogP contribution is -2.64. The van der Waals surface area contributed by atoms with E-state index >= 15 is 0 Å². The smallest absolute Gasteiger partial charge is 0.409 e. The third-order valence-electron chi connectivity index (χ3n) is 7.45. The lowest BCUT2D eigenvalue weighted by atomic mass is 9.97. The van der Waals surface area contributed by atoms with E-state index in [4.69, 9.17) is 14.2 Å². The molecule has 2 rings (SSSR count). The standard InChI is InChI=1S/C34H51N5O8/c1-8-46-32(42)36-29(23(3)4)30(40)38-39(21-26-16-19-28(45-7)20-17-26)22-27(18-15-25-13-11-10-12-14-25)35-31(41)34(44,24(5)6)37-33(43)47-9-2/h10-14,16-17,19-20,23-24,27,29,44H,8-9,15,18,21-22H2,1-7H3,(H,35,41)(H,36,42)(H,37,43)(H,38,40)/t27-,29-,34+/m0/s1. The van der Waals surface area contributed by atoms with E-state index in [0.717, 1.165) is 11.1 Å². The van der Waals surface area contributed by atoms with Crippen molar-refractivity contribution in [3.8, 4) is 5.75 Å². The molecule has 0 unspecified atom stereocenters. The Labute approximate surface area is 277 Å². The highest BCUT2D eigenvalue weighted by molar-refractivity contribution is 5.88.